The van der Waals surface area contributed by atoms with Crippen LogP contribution in [0, 0.1) is 6.92 Å². The zero-order valence-electron chi connectivity index (χ0n) is 9.81. The standard InChI is InChI=1S/C11H18N4O/c1-8-6-10(14(2)13-8)11(16)15-5-3-4-9(12)7-15/h6,9H,3-5,7,12H2,1-2H3. The van der Waals surface area contributed by atoms with Crippen molar-refractivity contribution in [3.8, 4) is 0 Å². The fraction of sp³-hybridized carbons (Fsp3) is 0.636. The lowest BCUT2D eigenvalue weighted by Gasteiger charge is -2.30. The van der Waals surface area contributed by atoms with Gasteiger partial charge in [0.1, 0.15) is 5.69 Å². The van der Waals surface area contributed by atoms with Crippen molar-refractivity contribution in [2.24, 2.45) is 12.8 Å². The summed E-state index contributed by atoms with van der Waals surface area (Å²) in [6, 6.07) is 1.94. The highest BCUT2D eigenvalue weighted by Crippen LogP contribution is 2.13. The molecule has 0 bridgehead atoms. The molecule has 1 amide bonds. The van der Waals surface area contributed by atoms with Gasteiger partial charge in [0.2, 0.25) is 0 Å². The van der Waals surface area contributed by atoms with E-state index in [4.69, 9.17) is 5.73 Å². The molecule has 0 aliphatic carbocycles. The van der Waals surface area contributed by atoms with Crippen LogP contribution < -0.4 is 5.73 Å². The molecule has 0 saturated carbocycles. The summed E-state index contributed by atoms with van der Waals surface area (Å²) < 4.78 is 1.64. The van der Waals surface area contributed by atoms with Crippen LogP contribution in [0.15, 0.2) is 6.07 Å². The van der Waals surface area contributed by atoms with Crippen LogP contribution in [0.3, 0.4) is 0 Å². The average Bonchev–Trinajstić information content (AvgIpc) is 2.57. The Bertz CT molecular complexity index is 399. The molecule has 2 rings (SSSR count). The molecular formula is C11H18N4O. The molecule has 1 unspecified atom stereocenters. The Morgan fingerprint density at radius 1 is 1.62 bits per heavy atom. The normalized spacial score (nSPS) is 21.2. The van der Waals surface area contributed by atoms with Gasteiger partial charge in [0.15, 0.2) is 0 Å². The Kier molecular flexibility index (Phi) is 2.96. The first-order valence-electron chi connectivity index (χ1n) is 5.63. The maximum atomic E-state index is 12.2. The lowest BCUT2D eigenvalue weighted by molar-refractivity contribution is 0.0697. The lowest BCUT2D eigenvalue weighted by atomic mass is 10.1. The molecule has 2 N–H and O–H groups in total. The quantitative estimate of drug-likeness (QED) is 0.743. The first-order chi connectivity index (χ1) is 7.58. The highest BCUT2D eigenvalue weighted by Gasteiger charge is 2.24. The topological polar surface area (TPSA) is 64.2 Å². The molecule has 1 aromatic heterocycles. The second-order valence-corrected chi connectivity index (χ2v) is 4.45. The first-order valence-corrected chi connectivity index (χ1v) is 5.63. The van der Waals surface area contributed by atoms with Gasteiger partial charge in [-0.1, -0.05) is 0 Å². The van der Waals surface area contributed by atoms with E-state index in [1.165, 1.54) is 0 Å². The number of likely N-dealkylation sites (tertiary alicyclic amines) is 1. The molecular weight excluding hydrogens is 204 g/mol. The molecule has 1 fully saturated rings. The largest absolute Gasteiger partial charge is 0.336 e. The van der Waals surface area contributed by atoms with Crippen molar-refractivity contribution in [3.05, 3.63) is 17.5 Å². The molecule has 0 spiro atoms. The molecule has 2 heterocycles. The van der Waals surface area contributed by atoms with Gasteiger partial charge >= 0.3 is 0 Å². The van der Waals surface area contributed by atoms with Gasteiger partial charge in [-0.15, -0.1) is 0 Å². The van der Waals surface area contributed by atoms with Crippen LogP contribution >= 0.6 is 0 Å². The Morgan fingerprint density at radius 2 is 2.38 bits per heavy atom. The first kappa shape index (κ1) is 11.1. The van der Waals surface area contributed by atoms with Crippen LogP contribution in [-0.4, -0.2) is 39.7 Å². The minimum absolute atomic E-state index is 0.0400. The highest BCUT2D eigenvalue weighted by molar-refractivity contribution is 5.92. The third-order valence-corrected chi connectivity index (χ3v) is 2.97. The van der Waals surface area contributed by atoms with E-state index in [9.17, 15) is 4.79 Å². The predicted octanol–water partition coefficient (Wildman–Crippen LogP) is 0.292. The Labute approximate surface area is 95.2 Å². The van der Waals surface area contributed by atoms with Crippen molar-refractivity contribution in [3.63, 3.8) is 0 Å². The minimum atomic E-state index is 0.0400. The number of aryl methyl sites for hydroxylation is 2. The van der Waals surface area contributed by atoms with Gasteiger partial charge in [-0.05, 0) is 25.8 Å². The second-order valence-electron chi connectivity index (χ2n) is 4.45. The van der Waals surface area contributed by atoms with Crippen molar-refractivity contribution >= 4 is 5.91 Å². The molecule has 1 aliphatic heterocycles. The number of piperidine rings is 1. The summed E-state index contributed by atoms with van der Waals surface area (Å²) >= 11 is 0. The van der Waals surface area contributed by atoms with Crippen LogP contribution in [-0.2, 0) is 7.05 Å². The summed E-state index contributed by atoms with van der Waals surface area (Å²) in [7, 11) is 1.80. The van der Waals surface area contributed by atoms with E-state index in [2.05, 4.69) is 5.10 Å². The Balaban J connectivity index is 2.15. The second kappa shape index (κ2) is 4.25. The third-order valence-electron chi connectivity index (χ3n) is 2.97. The highest BCUT2D eigenvalue weighted by atomic mass is 16.2. The monoisotopic (exact) mass is 222 g/mol. The summed E-state index contributed by atoms with van der Waals surface area (Å²) in [5, 5.41) is 4.18. The van der Waals surface area contributed by atoms with Gasteiger partial charge in [0, 0.05) is 26.2 Å². The van der Waals surface area contributed by atoms with Gasteiger partial charge in [-0.3, -0.25) is 9.48 Å². The Hall–Kier alpha value is -1.36. The van der Waals surface area contributed by atoms with Crippen molar-refractivity contribution < 1.29 is 4.79 Å². The van der Waals surface area contributed by atoms with E-state index in [1.807, 2.05) is 17.9 Å². The molecule has 1 saturated heterocycles. The molecule has 5 heteroatoms. The van der Waals surface area contributed by atoms with Crippen LogP contribution in [0.25, 0.3) is 0 Å². The van der Waals surface area contributed by atoms with Crippen molar-refractivity contribution in [2.45, 2.75) is 25.8 Å². The molecule has 0 radical (unpaired) electrons. The number of amides is 1. The summed E-state index contributed by atoms with van der Waals surface area (Å²) in [6.45, 7) is 3.35. The summed E-state index contributed by atoms with van der Waals surface area (Å²) in [6.07, 6.45) is 2.00. The minimum Gasteiger partial charge on any atom is -0.336 e. The number of hydrogen-bond acceptors (Lipinski definition) is 3. The van der Waals surface area contributed by atoms with Gasteiger partial charge in [0.05, 0.1) is 5.69 Å². The van der Waals surface area contributed by atoms with E-state index >= 15 is 0 Å². The molecule has 16 heavy (non-hydrogen) atoms. The Morgan fingerprint density at radius 3 is 2.94 bits per heavy atom. The SMILES string of the molecule is Cc1cc(C(=O)N2CCCC(N)C2)n(C)n1. The number of carbonyl (C=O) groups excluding carboxylic acids is 1. The lowest BCUT2D eigenvalue weighted by Crippen LogP contribution is -2.46. The van der Waals surface area contributed by atoms with Gasteiger partial charge in [-0.2, -0.15) is 5.10 Å². The van der Waals surface area contributed by atoms with Gasteiger partial charge in [0.25, 0.3) is 5.91 Å². The van der Waals surface area contributed by atoms with Crippen LogP contribution in [0.2, 0.25) is 0 Å². The fourth-order valence-electron chi connectivity index (χ4n) is 2.17. The van der Waals surface area contributed by atoms with E-state index in [0.29, 0.717) is 12.2 Å². The van der Waals surface area contributed by atoms with Gasteiger partial charge in [-0.25, -0.2) is 0 Å². The van der Waals surface area contributed by atoms with E-state index in [1.54, 1.807) is 11.7 Å². The summed E-state index contributed by atoms with van der Waals surface area (Å²) in [5.74, 6) is 0.0400. The van der Waals surface area contributed by atoms with Crippen LogP contribution in [0.5, 0.6) is 0 Å². The number of carbonyl (C=O) groups is 1. The zero-order chi connectivity index (χ0) is 11.7. The fourth-order valence-corrected chi connectivity index (χ4v) is 2.17. The maximum Gasteiger partial charge on any atom is 0.272 e. The molecule has 1 aromatic rings. The van der Waals surface area contributed by atoms with Crippen molar-refractivity contribution in [2.75, 3.05) is 13.1 Å². The van der Waals surface area contributed by atoms with E-state index < -0.39 is 0 Å². The molecule has 1 aliphatic rings. The zero-order valence-corrected chi connectivity index (χ0v) is 9.81. The molecule has 1 atom stereocenters. The van der Waals surface area contributed by atoms with Gasteiger partial charge < -0.3 is 10.6 Å². The number of hydrogen-bond donors (Lipinski definition) is 1. The average molecular weight is 222 g/mol. The number of rotatable bonds is 1. The smallest absolute Gasteiger partial charge is 0.272 e. The van der Waals surface area contributed by atoms with E-state index in [-0.39, 0.29) is 11.9 Å². The number of nitrogens with zero attached hydrogens (tertiary/aromatic N) is 3. The van der Waals surface area contributed by atoms with Crippen LogP contribution in [0.1, 0.15) is 29.0 Å². The molecule has 0 aromatic carbocycles. The number of aromatic nitrogens is 2. The summed E-state index contributed by atoms with van der Waals surface area (Å²) in [4.78, 5) is 14.0. The van der Waals surface area contributed by atoms with Crippen molar-refractivity contribution in [1.82, 2.24) is 14.7 Å². The van der Waals surface area contributed by atoms with Crippen LogP contribution in [0.4, 0.5) is 0 Å². The third kappa shape index (κ3) is 2.09. The molecule has 88 valence electrons. The summed E-state index contributed by atoms with van der Waals surface area (Å²) in [5.41, 5.74) is 7.38. The predicted molar refractivity (Wildman–Crippen MR) is 61.1 cm³/mol. The maximum absolute atomic E-state index is 12.2. The van der Waals surface area contributed by atoms with Crippen molar-refractivity contribution in [1.29, 1.82) is 0 Å². The number of nitrogens with two attached hydrogens (primary N) is 1. The van der Waals surface area contributed by atoms with E-state index in [0.717, 1.165) is 25.1 Å². The molecule has 5 nitrogen and oxygen atoms in total.